The van der Waals surface area contributed by atoms with Crippen molar-refractivity contribution in [1.82, 2.24) is 0 Å². The number of hydrogen-bond acceptors (Lipinski definition) is 2. The Balaban J connectivity index is 0.000000325. The summed E-state index contributed by atoms with van der Waals surface area (Å²) < 4.78 is 59.2. The van der Waals surface area contributed by atoms with Gasteiger partial charge in [0, 0.05) is 6.07 Å². The normalized spacial score (nSPS) is 14.4. The summed E-state index contributed by atoms with van der Waals surface area (Å²) in [6.45, 7) is 0. The van der Waals surface area contributed by atoms with Crippen molar-refractivity contribution in [1.29, 1.82) is 5.39 Å². The summed E-state index contributed by atoms with van der Waals surface area (Å²) >= 11 is 0. The van der Waals surface area contributed by atoms with Crippen molar-refractivity contribution in [3.63, 3.8) is 0 Å². The number of nitrogens with zero attached hydrogens (tertiary/aromatic N) is 2. The molecule has 0 radical (unpaired) electrons. The van der Waals surface area contributed by atoms with Gasteiger partial charge in [0.1, 0.15) is 5.56 Å². The van der Waals surface area contributed by atoms with Crippen LogP contribution in [0.1, 0.15) is 10.4 Å². The third-order valence-corrected chi connectivity index (χ3v) is 1.17. The van der Waals surface area contributed by atoms with Gasteiger partial charge in [0.2, 0.25) is 5.39 Å². The van der Waals surface area contributed by atoms with E-state index in [1.165, 1.54) is 0 Å². The molecule has 1 aromatic carbocycles. The Morgan fingerprint density at radius 1 is 1.06 bits per heavy atom. The Morgan fingerprint density at radius 2 is 1.47 bits per heavy atom. The molecule has 0 aliphatic rings. The second-order valence-electron chi connectivity index (χ2n) is 2.73. The van der Waals surface area contributed by atoms with Crippen LogP contribution < -0.4 is 0 Å². The summed E-state index contributed by atoms with van der Waals surface area (Å²) in [7, 11) is -10.7. The standard InChI is InChI=1S/C7H5N2O.F6P/c8-9-7-4-2-1-3-6(7)5-10;1-7(2,3,4,5)6/h1-5H;/q+1;-1. The van der Waals surface area contributed by atoms with Gasteiger partial charge in [0.15, 0.2) is 11.3 Å². The zero-order chi connectivity index (χ0) is 13.8. The Hall–Kier alpha value is -1.68. The SMILES string of the molecule is F[P-](F)(F)(F)(F)F.N#[N+]c1ccccc1C=O. The van der Waals surface area contributed by atoms with Gasteiger partial charge in [-0.2, -0.15) is 0 Å². The van der Waals surface area contributed by atoms with Crippen molar-refractivity contribution in [2.75, 3.05) is 0 Å². The molecule has 0 N–H and O–H groups in total. The van der Waals surface area contributed by atoms with Gasteiger partial charge in [-0.1, -0.05) is 12.1 Å². The van der Waals surface area contributed by atoms with Crippen LogP contribution in [0.25, 0.3) is 4.98 Å². The minimum Gasteiger partial charge on any atom is -0.298 e. The fourth-order valence-corrected chi connectivity index (χ4v) is 0.678. The van der Waals surface area contributed by atoms with Gasteiger partial charge < -0.3 is 0 Å². The van der Waals surface area contributed by atoms with Gasteiger partial charge in [0.05, 0.1) is 0 Å². The number of aldehydes is 1. The van der Waals surface area contributed by atoms with Crippen LogP contribution in [0, 0.1) is 5.39 Å². The molecule has 0 bridgehead atoms. The average Bonchev–Trinajstić information content (AvgIpc) is 2.13. The molecule has 0 aliphatic heterocycles. The fourth-order valence-electron chi connectivity index (χ4n) is 0.678. The van der Waals surface area contributed by atoms with Gasteiger partial charge >= 0.3 is 38.7 Å². The molecule has 17 heavy (non-hydrogen) atoms. The van der Waals surface area contributed by atoms with Crippen LogP contribution in [0.2, 0.25) is 0 Å². The number of rotatable bonds is 1. The van der Waals surface area contributed by atoms with Crippen molar-refractivity contribution >= 4 is 19.8 Å². The largest absolute Gasteiger partial charge is 0.395 e. The molecule has 0 unspecified atom stereocenters. The molecule has 1 aromatic rings. The summed E-state index contributed by atoms with van der Waals surface area (Å²) in [6.07, 6.45) is 0.648. The molecule has 96 valence electrons. The first-order chi connectivity index (χ1) is 7.33. The molecule has 3 nitrogen and oxygen atoms in total. The third kappa shape index (κ3) is 12.3. The molecule has 0 atom stereocenters. The number of halogens is 6. The minimum atomic E-state index is -10.7. The first-order valence-electron chi connectivity index (χ1n) is 3.79. The van der Waals surface area contributed by atoms with E-state index in [0.29, 0.717) is 17.5 Å². The molecule has 0 aliphatic carbocycles. The first kappa shape index (κ1) is 15.3. The molecule has 0 amide bonds. The molecule has 0 saturated carbocycles. The van der Waals surface area contributed by atoms with E-state index in [4.69, 9.17) is 5.39 Å². The summed E-state index contributed by atoms with van der Waals surface area (Å²) in [4.78, 5) is 13.1. The molecule has 0 saturated heterocycles. The molecule has 10 heteroatoms. The Morgan fingerprint density at radius 3 is 1.76 bits per heavy atom. The van der Waals surface area contributed by atoms with Crippen LogP contribution in [0.5, 0.6) is 0 Å². The second-order valence-corrected chi connectivity index (χ2v) is 4.65. The Kier molecular flexibility index (Phi) is 3.57. The zero-order valence-corrected chi connectivity index (χ0v) is 8.80. The van der Waals surface area contributed by atoms with Gasteiger partial charge in [-0.15, -0.1) is 0 Å². The van der Waals surface area contributed by atoms with Crippen molar-refractivity contribution < 1.29 is 30.0 Å². The molecular weight excluding hydrogens is 273 g/mol. The van der Waals surface area contributed by atoms with E-state index in [0.717, 1.165) is 0 Å². The van der Waals surface area contributed by atoms with Crippen molar-refractivity contribution in [3.8, 4) is 0 Å². The number of hydrogen-bond donors (Lipinski definition) is 0. The van der Waals surface area contributed by atoms with E-state index < -0.39 is 7.81 Å². The first-order valence-corrected chi connectivity index (χ1v) is 5.82. The quantitative estimate of drug-likeness (QED) is 0.300. The molecule has 0 spiro atoms. The number of diazo groups is 1. The molecule has 0 aromatic heterocycles. The number of benzene rings is 1. The molecule has 1 rings (SSSR count). The summed E-state index contributed by atoms with van der Waals surface area (Å²) in [5.41, 5.74) is 0.697. The maximum absolute atomic E-state index is 10.7. The van der Waals surface area contributed by atoms with Crippen molar-refractivity contribution in [2.24, 2.45) is 0 Å². The van der Waals surface area contributed by atoms with E-state index in [1.807, 2.05) is 0 Å². The summed E-state index contributed by atoms with van der Waals surface area (Å²) in [5, 5.41) is 8.32. The minimum absolute atomic E-state index is 0.303. The smallest absolute Gasteiger partial charge is 0.298 e. The maximum atomic E-state index is 10.2. The van der Waals surface area contributed by atoms with E-state index >= 15 is 0 Å². The average molecular weight is 278 g/mol. The monoisotopic (exact) mass is 278 g/mol. The van der Waals surface area contributed by atoms with E-state index in [2.05, 4.69) is 4.98 Å². The second kappa shape index (κ2) is 3.96. The molecule has 0 heterocycles. The Bertz CT molecular complexity index is 451. The van der Waals surface area contributed by atoms with E-state index in [9.17, 15) is 30.0 Å². The van der Waals surface area contributed by atoms with Gasteiger partial charge in [0.25, 0.3) is 0 Å². The Labute approximate surface area is 90.9 Å². The summed E-state index contributed by atoms with van der Waals surface area (Å²) in [5.74, 6) is 0. The predicted molar refractivity (Wildman–Crippen MR) is 50.1 cm³/mol. The van der Waals surface area contributed by atoms with Crippen LogP contribution in [0.4, 0.5) is 30.9 Å². The van der Waals surface area contributed by atoms with E-state index in [-0.39, 0.29) is 0 Å². The van der Waals surface area contributed by atoms with Crippen LogP contribution in [-0.2, 0) is 0 Å². The van der Waals surface area contributed by atoms with Crippen LogP contribution in [-0.4, -0.2) is 6.29 Å². The number of carbonyl (C=O) groups excluding carboxylic acids is 1. The van der Waals surface area contributed by atoms with Gasteiger partial charge in [-0.25, -0.2) is 0 Å². The molecule has 0 fully saturated rings. The zero-order valence-electron chi connectivity index (χ0n) is 7.90. The van der Waals surface area contributed by atoms with Crippen molar-refractivity contribution in [3.05, 3.63) is 34.8 Å². The fraction of sp³-hybridized carbons (Fsp3) is 0. The van der Waals surface area contributed by atoms with Crippen LogP contribution in [0.3, 0.4) is 0 Å². The van der Waals surface area contributed by atoms with Gasteiger partial charge in [-0.05, 0) is 6.07 Å². The topological polar surface area (TPSA) is 45.2 Å². The van der Waals surface area contributed by atoms with E-state index in [1.54, 1.807) is 24.3 Å². The van der Waals surface area contributed by atoms with Gasteiger partial charge in [-0.3, -0.25) is 4.79 Å². The maximum Gasteiger partial charge on any atom is 0.395 e. The van der Waals surface area contributed by atoms with Crippen LogP contribution >= 0.6 is 7.81 Å². The number of carbonyl (C=O) groups is 1. The summed E-state index contributed by atoms with van der Waals surface area (Å²) in [6, 6.07) is 6.55. The molecular formula is C7H5F6N2OP. The predicted octanol–water partition coefficient (Wildman–Crippen LogP) is 5.37. The third-order valence-electron chi connectivity index (χ3n) is 1.17. The van der Waals surface area contributed by atoms with Crippen LogP contribution in [0.15, 0.2) is 24.3 Å². The van der Waals surface area contributed by atoms with Crippen molar-refractivity contribution in [2.45, 2.75) is 0 Å².